The summed E-state index contributed by atoms with van der Waals surface area (Å²) in [6.07, 6.45) is 1.84. The maximum atomic E-state index is 13.3. The van der Waals surface area contributed by atoms with E-state index in [9.17, 15) is 23.1 Å². The first-order chi connectivity index (χ1) is 20.1. The van der Waals surface area contributed by atoms with Crippen LogP contribution < -0.4 is 15.8 Å². The fourth-order valence-corrected chi connectivity index (χ4v) is 5.22. The first-order valence-corrected chi connectivity index (χ1v) is 15.9. The van der Waals surface area contributed by atoms with E-state index in [-0.39, 0.29) is 23.3 Å². The van der Waals surface area contributed by atoms with Crippen molar-refractivity contribution in [3.05, 3.63) is 101 Å². The summed E-state index contributed by atoms with van der Waals surface area (Å²) in [6.45, 7) is 6.13. The molecule has 0 fully saturated rings. The lowest BCUT2D eigenvalue weighted by atomic mass is 10.00. The number of nitrogens with two attached hydrogens (primary N) is 1. The SMILES string of the molecule is CCCN(CCC)C(=O)c1cccc(C(=O)NC(Cc2ccccc2)[C@@H](O)CNCCc2ccc(S(N)(=O)=O)cc2)c1. The third-order valence-electron chi connectivity index (χ3n) is 6.92. The predicted octanol–water partition coefficient (Wildman–Crippen LogP) is 3.13. The Morgan fingerprint density at radius 2 is 1.52 bits per heavy atom. The number of hydrogen-bond acceptors (Lipinski definition) is 6. The Labute approximate surface area is 249 Å². The van der Waals surface area contributed by atoms with Crippen molar-refractivity contribution in [3.63, 3.8) is 0 Å². The molecule has 1 unspecified atom stereocenters. The molecule has 0 saturated heterocycles. The Hall–Kier alpha value is -3.57. The number of rotatable bonds is 16. The number of amides is 2. The molecule has 3 aromatic rings. The van der Waals surface area contributed by atoms with Gasteiger partial charge in [-0.1, -0.05) is 62.4 Å². The third-order valence-corrected chi connectivity index (χ3v) is 7.85. The normalized spacial score (nSPS) is 12.9. The van der Waals surface area contributed by atoms with Gasteiger partial charge in [0.05, 0.1) is 17.0 Å². The van der Waals surface area contributed by atoms with Crippen LogP contribution in [0.4, 0.5) is 0 Å². The fraction of sp³-hybridized carbons (Fsp3) is 0.375. The lowest BCUT2D eigenvalue weighted by molar-refractivity contribution is 0.0755. The molecule has 0 saturated carbocycles. The summed E-state index contributed by atoms with van der Waals surface area (Å²) < 4.78 is 22.9. The van der Waals surface area contributed by atoms with Gasteiger partial charge in [0.15, 0.2) is 0 Å². The van der Waals surface area contributed by atoms with Crippen molar-refractivity contribution in [1.29, 1.82) is 0 Å². The number of aliphatic hydroxyl groups is 1. The molecule has 42 heavy (non-hydrogen) atoms. The Morgan fingerprint density at radius 3 is 2.14 bits per heavy atom. The monoisotopic (exact) mass is 594 g/mol. The van der Waals surface area contributed by atoms with E-state index in [1.165, 1.54) is 12.1 Å². The van der Waals surface area contributed by atoms with E-state index in [0.717, 1.165) is 24.0 Å². The van der Waals surface area contributed by atoms with Gasteiger partial charge in [0, 0.05) is 30.8 Å². The van der Waals surface area contributed by atoms with Crippen LogP contribution in [0.5, 0.6) is 0 Å². The number of aliphatic hydroxyl groups excluding tert-OH is 1. The number of sulfonamides is 1. The maximum Gasteiger partial charge on any atom is 0.253 e. The summed E-state index contributed by atoms with van der Waals surface area (Å²) in [7, 11) is -3.74. The number of hydrogen-bond donors (Lipinski definition) is 4. The van der Waals surface area contributed by atoms with Crippen molar-refractivity contribution in [2.45, 2.75) is 56.6 Å². The predicted molar refractivity (Wildman–Crippen MR) is 165 cm³/mol. The second-order valence-electron chi connectivity index (χ2n) is 10.4. The van der Waals surface area contributed by atoms with Crippen LogP contribution in [0.3, 0.4) is 0 Å². The van der Waals surface area contributed by atoms with E-state index >= 15 is 0 Å². The fourth-order valence-electron chi connectivity index (χ4n) is 4.70. The highest BCUT2D eigenvalue weighted by molar-refractivity contribution is 7.89. The molecule has 226 valence electrons. The van der Waals surface area contributed by atoms with Crippen molar-refractivity contribution in [3.8, 4) is 0 Å². The van der Waals surface area contributed by atoms with E-state index in [1.807, 2.05) is 44.2 Å². The largest absolute Gasteiger partial charge is 0.390 e. The second-order valence-corrected chi connectivity index (χ2v) is 11.9. The van der Waals surface area contributed by atoms with Crippen LogP contribution in [0.25, 0.3) is 0 Å². The van der Waals surface area contributed by atoms with Crippen LogP contribution in [0.1, 0.15) is 58.5 Å². The molecule has 5 N–H and O–H groups in total. The summed E-state index contributed by atoms with van der Waals surface area (Å²) in [4.78, 5) is 28.3. The van der Waals surface area contributed by atoms with Gasteiger partial charge in [-0.15, -0.1) is 0 Å². The summed E-state index contributed by atoms with van der Waals surface area (Å²) in [6, 6.07) is 22.1. The van der Waals surface area contributed by atoms with Crippen molar-refractivity contribution in [1.82, 2.24) is 15.5 Å². The van der Waals surface area contributed by atoms with Crippen molar-refractivity contribution in [2.24, 2.45) is 5.14 Å². The van der Waals surface area contributed by atoms with Gasteiger partial charge in [0.1, 0.15) is 0 Å². The number of primary sulfonamides is 1. The summed E-state index contributed by atoms with van der Waals surface area (Å²) in [5.41, 5.74) is 2.71. The topological polar surface area (TPSA) is 142 Å². The summed E-state index contributed by atoms with van der Waals surface area (Å²) >= 11 is 0. The van der Waals surface area contributed by atoms with Crippen LogP contribution in [-0.2, 0) is 22.9 Å². The number of carbonyl (C=O) groups is 2. The number of nitrogens with one attached hydrogen (secondary N) is 2. The molecule has 0 bridgehead atoms. The van der Waals surface area contributed by atoms with Gasteiger partial charge in [-0.3, -0.25) is 9.59 Å². The quantitative estimate of drug-likeness (QED) is 0.188. The molecule has 3 aromatic carbocycles. The highest BCUT2D eigenvalue weighted by atomic mass is 32.2. The summed E-state index contributed by atoms with van der Waals surface area (Å²) in [5.74, 6) is -0.463. The third kappa shape index (κ3) is 10.1. The molecule has 2 amide bonds. The van der Waals surface area contributed by atoms with Crippen molar-refractivity contribution < 1.29 is 23.1 Å². The van der Waals surface area contributed by atoms with E-state index in [1.54, 1.807) is 41.3 Å². The minimum absolute atomic E-state index is 0.0586. The zero-order valence-corrected chi connectivity index (χ0v) is 25.1. The number of benzene rings is 3. The highest BCUT2D eigenvalue weighted by Gasteiger charge is 2.23. The molecular weight excluding hydrogens is 552 g/mol. The average molecular weight is 595 g/mol. The molecule has 0 heterocycles. The lowest BCUT2D eigenvalue weighted by Gasteiger charge is -2.25. The van der Waals surface area contributed by atoms with Gasteiger partial charge in [-0.05, 0) is 73.7 Å². The molecule has 10 heteroatoms. The van der Waals surface area contributed by atoms with Gasteiger partial charge in [-0.25, -0.2) is 13.6 Å². The van der Waals surface area contributed by atoms with Crippen molar-refractivity contribution in [2.75, 3.05) is 26.2 Å². The first-order valence-electron chi connectivity index (χ1n) is 14.4. The van der Waals surface area contributed by atoms with Crippen LogP contribution in [-0.4, -0.2) is 68.6 Å². The van der Waals surface area contributed by atoms with Gasteiger partial charge in [0.25, 0.3) is 11.8 Å². The first kappa shape index (κ1) is 32.9. The van der Waals surface area contributed by atoms with Crippen LogP contribution >= 0.6 is 0 Å². The molecule has 2 atom stereocenters. The molecule has 3 rings (SSSR count). The van der Waals surface area contributed by atoms with Gasteiger partial charge in [-0.2, -0.15) is 0 Å². The minimum atomic E-state index is -3.74. The van der Waals surface area contributed by atoms with Crippen LogP contribution in [0.15, 0.2) is 83.8 Å². The Kier molecular flexibility index (Phi) is 12.7. The van der Waals surface area contributed by atoms with E-state index in [4.69, 9.17) is 5.14 Å². The van der Waals surface area contributed by atoms with Gasteiger partial charge in [0.2, 0.25) is 10.0 Å². The maximum absolute atomic E-state index is 13.3. The van der Waals surface area contributed by atoms with E-state index in [0.29, 0.717) is 43.6 Å². The minimum Gasteiger partial charge on any atom is -0.390 e. The standard InChI is InChI=1S/C32H42N4O5S/c1-3-19-36(20-4-2)32(39)27-12-8-11-26(22-27)31(38)35-29(21-25-9-6-5-7-10-25)30(37)23-34-18-17-24-13-15-28(16-14-24)42(33,40)41/h5-16,22,29-30,34,37H,3-4,17-21,23H2,1-2H3,(H,35,38)(H2,33,40,41)/t29?,30-/m0/s1. The molecule has 0 aliphatic carbocycles. The zero-order chi connectivity index (χ0) is 30.5. The average Bonchev–Trinajstić information content (AvgIpc) is 2.98. The molecule has 0 aliphatic heterocycles. The molecule has 0 aliphatic rings. The number of carbonyl (C=O) groups excluding carboxylic acids is 2. The Bertz CT molecular complexity index is 1390. The van der Waals surface area contributed by atoms with Crippen molar-refractivity contribution >= 4 is 21.8 Å². The highest BCUT2D eigenvalue weighted by Crippen LogP contribution is 2.13. The van der Waals surface area contributed by atoms with Gasteiger partial charge < -0.3 is 20.6 Å². The zero-order valence-electron chi connectivity index (χ0n) is 24.3. The smallest absolute Gasteiger partial charge is 0.253 e. The molecule has 0 spiro atoms. The molecule has 0 aromatic heterocycles. The number of nitrogens with zero attached hydrogens (tertiary/aromatic N) is 1. The second kappa shape index (κ2) is 16.2. The summed E-state index contributed by atoms with van der Waals surface area (Å²) in [5, 5.41) is 22.5. The van der Waals surface area contributed by atoms with Crippen LogP contribution in [0, 0.1) is 0 Å². The van der Waals surface area contributed by atoms with E-state index in [2.05, 4.69) is 10.6 Å². The van der Waals surface area contributed by atoms with E-state index < -0.39 is 22.2 Å². The molecule has 9 nitrogen and oxygen atoms in total. The Morgan fingerprint density at radius 1 is 0.881 bits per heavy atom. The Balaban J connectivity index is 1.65. The molecule has 0 radical (unpaired) electrons. The van der Waals surface area contributed by atoms with Crippen LogP contribution in [0.2, 0.25) is 0 Å². The molecular formula is C32H42N4O5S. The lowest BCUT2D eigenvalue weighted by Crippen LogP contribution is -2.49. The van der Waals surface area contributed by atoms with Gasteiger partial charge >= 0.3 is 0 Å².